The number of fused-ring (bicyclic) bond motifs is 1. The summed E-state index contributed by atoms with van der Waals surface area (Å²) in [7, 11) is 0. The van der Waals surface area contributed by atoms with Crippen LogP contribution >= 0.6 is 23.2 Å². The number of anilines is 1. The van der Waals surface area contributed by atoms with Gasteiger partial charge in [0.2, 0.25) is 0 Å². The van der Waals surface area contributed by atoms with Crippen LogP contribution in [-0.2, 0) is 0 Å². The van der Waals surface area contributed by atoms with E-state index >= 15 is 0 Å². The van der Waals surface area contributed by atoms with Crippen LogP contribution in [0, 0.1) is 0 Å². The lowest BCUT2D eigenvalue weighted by molar-refractivity contribution is -0.286. The summed E-state index contributed by atoms with van der Waals surface area (Å²) in [6.45, 7) is 0. The summed E-state index contributed by atoms with van der Waals surface area (Å²) in [4.78, 5) is 12.1. The second-order valence-corrected chi connectivity index (χ2v) is 5.25. The SMILES string of the molecule is O=C(Nc1ccc2c(c1)OC(F)(F)O2)c1cc(Cl)ccc1Cl. The maximum absolute atomic E-state index is 12.9. The Morgan fingerprint density at radius 2 is 1.77 bits per heavy atom. The van der Waals surface area contributed by atoms with E-state index in [1.165, 1.54) is 30.3 Å². The normalized spacial score (nSPS) is 14.7. The number of ether oxygens (including phenoxy) is 2. The molecular weight excluding hydrogens is 339 g/mol. The number of nitrogens with one attached hydrogen (secondary N) is 1. The number of amides is 1. The highest BCUT2D eigenvalue weighted by Crippen LogP contribution is 2.42. The molecule has 0 aromatic heterocycles. The second-order valence-electron chi connectivity index (χ2n) is 4.41. The minimum Gasteiger partial charge on any atom is -0.395 e. The fraction of sp³-hybridized carbons (Fsp3) is 0.0714. The molecular formula is C14H7Cl2F2NO3. The van der Waals surface area contributed by atoms with Crippen LogP contribution < -0.4 is 14.8 Å². The molecule has 0 bridgehead atoms. The van der Waals surface area contributed by atoms with Gasteiger partial charge in [0.25, 0.3) is 5.91 Å². The standard InChI is InChI=1S/C14H7Cl2F2NO3/c15-7-1-3-10(16)9(5-7)13(20)19-8-2-4-11-12(6-8)22-14(17,18)21-11/h1-6H,(H,19,20). The van der Waals surface area contributed by atoms with Crippen LogP contribution in [0.25, 0.3) is 0 Å². The van der Waals surface area contributed by atoms with Crippen LogP contribution in [-0.4, -0.2) is 12.2 Å². The lowest BCUT2D eigenvalue weighted by Crippen LogP contribution is -2.25. The number of alkyl halides is 2. The van der Waals surface area contributed by atoms with Crippen LogP contribution in [0.2, 0.25) is 10.0 Å². The van der Waals surface area contributed by atoms with Crippen molar-refractivity contribution in [1.29, 1.82) is 0 Å². The number of carbonyl (C=O) groups excluding carboxylic acids is 1. The summed E-state index contributed by atoms with van der Waals surface area (Å²) in [5.41, 5.74) is 0.415. The van der Waals surface area contributed by atoms with Gasteiger partial charge in [-0.15, -0.1) is 8.78 Å². The Hall–Kier alpha value is -2.05. The Kier molecular flexibility index (Phi) is 3.58. The molecule has 1 aliphatic heterocycles. The average Bonchev–Trinajstić information content (AvgIpc) is 2.74. The molecule has 1 amide bonds. The van der Waals surface area contributed by atoms with Gasteiger partial charge in [0.1, 0.15) is 0 Å². The smallest absolute Gasteiger partial charge is 0.395 e. The number of halogens is 4. The Morgan fingerprint density at radius 1 is 1.05 bits per heavy atom. The van der Waals surface area contributed by atoms with Crippen molar-refractivity contribution in [2.24, 2.45) is 0 Å². The molecule has 2 aromatic rings. The molecule has 22 heavy (non-hydrogen) atoms. The maximum Gasteiger partial charge on any atom is 0.586 e. The zero-order chi connectivity index (χ0) is 15.9. The van der Waals surface area contributed by atoms with Crippen molar-refractivity contribution in [1.82, 2.24) is 0 Å². The van der Waals surface area contributed by atoms with Gasteiger partial charge in [0.15, 0.2) is 11.5 Å². The van der Waals surface area contributed by atoms with E-state index in [2.05, 4.69) is 14.8 Å². The lowest BCUT2D eigenvalue weighted by Gasteiger charge is -2.07. The largest absolute Gasteiger partial charge is 0.586 e. The van der Waals surface area contributed by atoms with Crippen molar-refractivity contribution in [2.75, 3.05) is 5.32 Å². The van der Waals surface area contributed by atoms with Gasteiger partial charge in [0.05, 0.1) is 10.6 Å². The third kappa shape index (κ3) is 2.93. The molecule has 1 N–H and O–H groups in total. The molecule has 3 rings (SSSR count). The molecule has 1 aliphatic rings. The van der Waals surface area contributed by atoms with Crippen LogP contribution in [0.4, 0.5) is 14.5 Å². The number of hydrogen-bond acceptors (Lipinski definition) is 3. The van der Waals surface area contributed by atoms with Gasteiger partial charge in [0, 0.05) is 16.8 Å². The molecule has 114 valence electrons. The minimum absolute atomic E-state index is 0.108. The molecule has 0 radical (unpaired) electrons. The summed E-state index contributed by atoms with van der Waals surface area (Å²) in [5.74, 6) is -0.804. The van der Waals surface area contributed by atoms with Crippen molar-refractivity contribution in [2.45, 2.75) is 6.29 Å². The third-order valence-electron chi connectivity index (χ3n) is 2.83. The fourth-order valence-electron chi connectivity index (χ4n) is 1.90. The van der Waals surface area contributed by atoms with Crippen LogP contribution in [0.5, 0.6) is 11.5 Å². The molecule has 0 spiro atoms. The van der Waals surface area contributed by atoms with E-state index in [0.29, 0.717) is 5.02 Å². The first-order chi connectivity index (χ1) is 10.3. The number of hydrogen-bond donors (Lipinski definition) is 1. The first-order valence-electron chi connectivity index (χ1n) is 6.00. The Bertz CT molecular complexity index is 768. The minimum atomic E-state index is -3.71. The molecule has 8 heteroatoms. The Labute approximate surface area is 133 Å². The number of rotatable bonds is 2. The van der Waals surface area contributed by atoms with E-state index in [4.69, 9.17) is 23.2 Å². The number of carbonyl (C=O) groups is 1. The molecule has 0 fully saturated rings. The average molecular weight is 346 g/mol. The van der Waals surface area contributed by atoms with Gasteiger partial charge in [-0.2, -0.15) is 0 Å². The van der Waals surface area contributed by atoms with E-state index in [1.54, 1.807) is 6.07 Å². The first kappa shape index (κ1) is 14.9. The third-order valence-corrected chi connectivity index (χ3v) is 3.40. The lowest BCUT2D eigenvalue weighted by atomic mass is 10.2. The van der Waals surface area contributed by atoms with Gasteiger partial charge in [-0.3, -0.25) is 4.79 Å². The van der Waals surface area contributed by atoms with Crippen LogP contribution in [0.1, 0.15) is 10.4 Å². The molecule has 2 aromatic carbocycles. The zero-order valence-electron chi connectivity index (χ0n) is 10.7. The Morgan fingerprint density at radius 3 is 2.55 bits per heavy atom. The highest BCUT2D eigenvalue weighted by atomic mass is 35.5. The zero-order valence-corrected chi connectivity index (χ0v) is 12.2. The van der Waals surface area contributed by atoms with Crippen molar-refractivity contribution in [3.8, 4) is 11.5 Å². The van der Waals surface area contributed by atoms with Crippen molar-refractivity contribution >= 4 is 34.8 Å². The highest BCUT2D eigenvalue weighted by Gasteiger charge is 2.43. The van der Waals surface area contributed by atoms with E-state index in [1.807, 2.05) is 0 Å². The molecule has 0 saturated heterocycles. The topological polar surface area (TPSA) is 47.6 Å². The first-order valence-corrected chi connectivity index (χ1v) is 6.76. The molecule has 0 aliphatic carbocycles. The summed E-state index contributed by atoms with van der Waals surface area (Å²) >= 11 is 11.7. The monoisotopic (exact) mass is 345 g/mol. The van der Waals surface area contributed by atoms with Gasteiger partial charge in [-0.05, 0) is 30.3 Å². The second kappa shape index (κ2) is 5.30. The van der Waals surface area contributed by atoms with Crippen LogP contribution in [0.15, 0.2) is 36.4 Å². The van der Waals surface area contributed by atoms with E-state index in [0.717, 1.165) is 0 Å². The molecule has 4 nitrogen and oxygen atoms in total. The van der Waals surface area contributed by atoms with Crippen molar-refractivity contribution < 1.29 is 23.0 Å². The van der Waals surface area contributed by atoms with Gasteiger partial charge >= 0.3 is 6.29 Å². The highest BCUT2D eigenvalue weighted by molar-refractivity contribution is 6.36. The molecule has 0 saturated carbocycles. The Balaban J connectivity index is 1.83. The van der Waals surface area contributed by atoms with Gasteiger partial charge in [-0.25, -0.2) is 0 Å². The summed E-state index contributed by atoms with van der Waals surface area (Å²) in [5, 5.41) is 3.08. The molecule has 1 heterocycles. The number of benzene rings is 2. The summed E-state index contributed by atoms with van der Waals surface area (Å²) in [6.07, 6.45) is -3.71. The van der Waals surface area contributed by atoms with Crippen LogP contribution in [0.3, 0.4) is 0 Å². The predicted octanol–water partition coefficient (Wildman–Crippen LogP) is 4.57. The quantitative estimate of drug-likeness (QED) is 0.867. The van der Waals surface area contributed by atoms with E-state index in [9.17, 15) is 13.6 Å². The molecule has 0 unspecified atom stereocenters. The van der Waals surface area contributed by atoms with E-state index < -0.39 is 12.2 Å². The molecule has 0 atom stereocenters. The van der Waals surface area contributed by atoms with Gasteiger partial charge < -0.3 is 14.8 Å². The van der Waals surface area contributed by atoms with E-state index in [-0.39, 0.29) is 27.8 Å². The maximum atomic E-state index is 12.9. The predicted molar refractivity (Wildman–Crippen MR) is 77.1 cm³/mol. The van der Waals surface area contributed by atoms with Gasteiger partial charge in [-0.1, -0.05) is 23.2 Å². The fourth-order valence-corrected chi connectivity index (χ4v) is 2.27. The van der Waals surface area contributed by atoms with Crippen molar-refractivity contribution in [3.63, 3.8) is 0 Å². The summed E-state index contributed by atoms with van der Waals surface area (Å²) < 4.78 is 34.4. The van der Waals surface area contributed by atoms with Crippen molar-refractivity contribution in [3.05, 3.63) is 52.0 Å². The summed E-state index contributed by atoms with van der Waals surface area (Å²) in [6, 6.07) is 8.33.